The summed E-state index contributed by atoms with van der Waals surface area (Å²) in [5.74, 6) is -0.277. The van der Waals surface area contributed by atoms with Crippen molar-refractivity contribution in [3.8, 4) is 0 Å². The zero-order chi connectivity index (χ0) is 20.2. The molecule has 0 aromatic carbocycles. The molecule has 5 nitrogen and oxygen atoms in total. The van der Waals surface area contributed by atoms with Crippen LogP contribution in [0.15, 0.2) is 36.5 Å². The fourth-order valence-electron chi connectivity index (χ4n) is 2.53. The van der Waals surface area contributed by atoms with Crippen molar-refractivity contribution in [3.63, 3.8) is 0 Å². The van der Waals surface area contributed by atoms with Crippen LogP contribution in [0.3, 0.4) is 0 Å². The van der Waals surface area contributed by atoms with Crippen molar-refractivity contribution >= 4 is 12.0 Å². The first kappa shape index (κ1) is 25.0. The minimum absolute atomic E-state index is 0.0913. The van der Waals surface area contributed by atoms with Gasteiger partial charge >= 0.3 is 6.09 Å². The van der Waals surface area contributed by atoms with Crippen LogP contribution in [0.2, 0.25) is 0 Å². The Hall–Kier alpha value is -2.04. The van der Waals surface area contributed by atoms with Gasteiger partial charge in [0.05, 0.1) is 0 Å². The van der Waals surface area contributed by atoms with Crippen molar-refractivity contribution in [3.05, 3.63) is 36.5 Å². The third-order valence-electron chi connectivity index (χ3n) is 4.20. The molecule has 0 aliphatic rings. The molecule has 0 saturated heterocycles. The molecule has 0 unspecified atom stereocenters. The molecule has 0 aliphatic heterocycles. The van der Waals surface area contributed by atoms with Gasteiger partial charge in [0, 0.05) is 13.6 Å². The van der Waals surface area contributed by atoms with Gasteiger partial charge in [0.1, 0.15) is 6.54 Å². The number of nitrogens with zero attached hydrogens (tertiary/aromatic N) is 1. The molecule has 154 valence electrons. The molecule has 0 saturated carbocycles. The van der Waals surface area contributed by atoms with Crippen LogP contribution < -0.4 is 5.32 Å². The molecule has 0 fully saturated rings. The maximum atomic E-state index is 11.3. The number of carbonyl (C=O) groups is 2. The van der Waals surface area contributed by atoms with E-state index in [1.54, 1.807) is 0 Å². The van der Waals surface area contributed by atoms with E-state index < -0.39 is 6.09 Å². The minimum atomic E-state index is -1.04. The van der Waals surface area contributed by atoms with Gasteiger partial charge in [-0.15, -0.1) is 0 Å². The summed E-state index contributed by atoms with van der Waals surface area (Å²) in [5.41, 5.74) is 0. The molecular formula is C22H38N2O3. The fraction of sp³-hybridized carbons (Fsp3) is 0.636. The third kappa shape index (κ3) is 17.1. The second-order valence-corrected chi connectivity index (χ2v) is 6.61. The Morgan fingerprint density at radius 3 is 1.93 bits per heavy atom. The lowest BCUT2D eigenvalue weighted by molar-refractivity contribution is -0.121. The number of carbonyl (C=O) groups excluding carboxylic acids is 1. The summed E-state index contributed by atoms with van der Waals surface area (Å²) in [5, 5.41) is 11.5. The summed E-state index contributed by atoms with van der Waals surface area (Å²) in [4.78, 5) is 23.5. The van der Waals surface area contributed by atoms with Crippen molar-refractivity contribution in [1.82, 2.24) is 10.2 Å². The highest BCUT2D eigenvalue weighted by molar-refractivity contribution is 5.81. The number of likely N-dealkylation sites (N-methyl/N-ethyl adjacent to an activating group) is 1. The van der Waals surface area contributed by atoms with Gasteiger partial charge in [-0.05, 0) is 44.9 Å². The highest BCUT2D eigenvalue weighted by Gasteiger charge is 2.14. The highest BCUT2D eigenvalue weighted by atomic mass is 16.4. The van der Waals surface area contributed by atoms with Gasteiger partial charge in [-0.1, -0.05) is 62.6 Å². The lowest BCUT2D eigenvalue weighted by atomic mass is 10.1. The van der Waals surface area contributed by atoms with Gasteiger partial charge in [0.25, 0.3) is 0 Å². The van der Waals surface area contributed by atoms with Gasteiger partial charge in [-0.3, -0.25) is 9.69 Å². The molecule has 0 rings (SSSR count). The van der Waals surface area contributed by atoms with E-state index in [0.29, 0.717) is 6.54 Å². The Balaban J connectivity index is 3.62. The number of hydrogen-bond acceptors (Lipinski definition) is 2. The molecule has 0 radical (unpaired) electrons. The lowest BCUT2D eigenvalue weighted by Crippen LogP contribution is -2.39. The summed E-state index contributed by atoms with van der Waals surface area (Å²) < 4.78 is 0. The molecule has 0 aliphatic carbocycles. The molecule has 0 aromatic heterocycles. The van der Waals surface area contributed by atoms with Crippen LogP contribution in [0, 0.1) is 0 Å². The van der Waals surface area contributed by atoms with Crippen LogP contribution in [0.25, 0.3) is 0 Å². The first-order chi connectivity index (χ1) is 13.1. The van der Waals surface area contributed by atoms with Gasteiger partial charge < -0.3 is 10.4 Å². The number of hydrogen-bond donors (Lipinski definition) is 2. The smallest absolute Gasteiger partial charge is 0.407 e. The summed E-state index contributed by atoms with van der Waals surface area (Å²) in [7, 11) is 1.51. The number of rotatable bonds is 16. The quantitative estimate of drug-likeness (QED) is 0.283. The number of carboxylic acid groups (broad SMARTS) is 1. The second-order valence-electron chi connectivity index (χ2n) is 6.61. The molecular weight excluding hydrogens is 340 g/mol. The highest BCUT2D eigenvalue weighted by Crippen LogP contribution is 2.04. The predicted octanol–water partition coefficient (Wildman–Crippen LogP) is 5.30. The van der Waals surface area contributed by atoms with E-state index >= 15 is 0 Å². The Kier molecular flexibility index (Phi) is 17.3. The minimum Gasteiger partial charge on any atom is -0.465 e. The Bertz CT molecular complexity index is 470. The average Bonchev–Trinajstić information content (AvgIpc) is 2.66. The first-order valence-corrected chi connectivity index (χ1v) is 10.2. The number of nitrogens with one attached hydrogen (secondary N) is 1. The largest absolute Gasteiger partial charge is 0.465 e. The molecule has 0 heterocycles. The second kappa shape index (κ2) is 18.7. The van der Waals surface area contributed by atoms with Crippen LogP contribution in [0.4, 0.5) is 4.79 Å². The summed E-state index contributed by atoms with van der Waals surface area (Å²) in [6.07, 6.45) is 23.1. The van der Waals surface area contributed by atoms with Crippen molar-refractivity contribution in [2.45, 2.75) is 71.1 Å². The molecule has 5 heteroatoms. The van der Waals surface area contributed by atoms with Crippen molar-refractivity contribution < 1.29 is 14.7 Å². The summed E-state index contributed by atoms with van der Waals surface area (Å²) in [6, 6.07) is 0. The molecule has 0 bridgehead atoms. The zero-order valence-electron chi connectivity index (χ0n) is 17.2. The van der Waals surface area contributed by atoms with Crippen LogP contribution in [0.1, 0.15) is 71.1 Å². The van der Waals surface area contributed by atoms with Crippen LogP contribution >= 0.6 is 0 Å². The molecule has 0 spiro atoms. The SMILES string of the molecule is CCCCCC=CCC=CCC=CCCCCCN(CC(=O)NC)C(=O)O. The fourth-order valence-corrected chi connectivity index (χ4v) is 2.53. The average molecular weight is 379 g/mol. The Morgan fingerprint density at radius 2 is 1.41 bits per heavy atom. The van der Waals surface area contributed by atoms with E-state index in [4.69, 9.17) is 5.11 Å². The van der Waals surface area contributed by atoms with E-state index in [9.17, 15) is 9.59 Å². The van der Waals surface area contributed by atoms with Gasteiger partial charge in [-0.2, -0.15) is 0 Å². The number of allylic oxidation sites excluding steroid dienone is 6. The normalized spacial score (nSPS) is 11.6. The molecule has 2 N–H and O–H groups in total. The maximum absolute atomic E-state index is 11.3. The maximum Gasteiger partial charge on any atom is 0.407 e. The van der Waals surface area contributed by atoms with Gasteiger partial charge in [-0.25, -0.2) is 4.79 Å². The van der Waals surface area contributed by atoms with Gasteiger partial charge in [0.2, 0.25) is 5.91 Å². The topological polar surface area (TPSA) is 69.6 Å². The van der Waals surface area contributed by atoms with Crippen LogP contribution in [-0.2, 0) is 4.79 Å². The number of unbranched alkanes of at least 4 members (excludes halogenated alkanes) is 6. The lowest BCUT2D eigenvalue weighted by Gasteiger charge is -2.17. The van der Waals surface area contributed by atoms with Crippen molar-refractivity contribution in [1.29, 1.82) is 0 Å². The van der Waals surface area contributed by atoms with E-state index in [-0.39, 0.29) is 12.5 Å². The first-order valence-electron chi connectivity index (χ1n) is 10.2. The number of amides is 2. The van der Waals surface area contributed by atoms with E-state index in [1.807, 2.05) is 0 Å². The standard InChI is InChI=1S/C22H38N2O3/c1-3-4-5-6-7-8-9-10-11-12-13-14-15-16-17-18-19-24(22(26)27)20-21(25)23-2/h7-8,10-11,13-14H,3-6,9,12,15-20H2,1-2H3,(H,23,25)(H,26,27). The zero-order valence-corrected chi connectivity index (χ0v) is 17.2. The molecule has 2 amide bonds. The van der Waals surface area contributed by atoms with Gasteiger partial charge in [0.15, 0.2) is 0 Å². The third-order valence-corrected chi connectivity index (χ3v) is 4.20. The van der Waals surface area contributed by atoms with Crippen LogP contribution in [-0.4, -0.2) is 42.1 Å². The predicted molar refractivity (Wildman–Crippen MR) is 113 cm³/mol. The van der Waals surface area contributed by atoms with Crippen molar-refractivity contribution in [2.75, 3.05) is 20.1 Å². The Labute approximate surface area is 165 Å². The molecule has 27 heavy (non-hydrogen) atoms. The van der Waals surface area contributed by atoms with E-state index in [1.165, 1.54) is 32.7 Å². The van der Waals surface area contributed by atoms with E-state index in [0.717, 1.165) is 43.4 Å². The molecule has 0 aromatic rings. The van der Waals surface area contributed by atoms with Crippen LogP contribution in [0.5, 0.6) is 0 Å². The monoisotopic (exact) mass is 378 g/mol. The van der Waals surface area contributed by atoms with E-state index in [2.05, 4.69) is 48.7 Å². The Morgan fingerprint density at radius 1 is 0.852 bits per heavy atom. The van der Waals surface area contributed by atoms with Crippen molar-refractivity contribution in [2.24, 2.45) is 0 Å². The molecule has 0 atom stereocenters. The summed E-state index contributed by atoms with van der Waals surface area (Å²) >= 11 is 0. The summed E-state index contributed by atoms with van der Waals surface area (Å²) in [6.45, 7) is 2.54.